The summed E-state index contributed by atoms with van der Waals surface area (Å²) in [6.07, 6.45) is 3.56. The lowest BCUT2D eigenvalue weighted by molar-refractivity contribution is -0.123. The van der Waals surface area contributed by atoms with Gasteiger partial charge in [-0.2, -0.15) is 5.10 Å². The van der Waals surface area contributed by atoms with Gasteiger partial charge in [-0.25, -0.2) is 4.98 Å². The van der Waals surface area contributed by atoms with Crippen LogP contribution >= 0.6 is 11.6 Å². The molecular formula is C23H20ClN7O3. The third kappa shape index (κ3) is 4.23. The second-order valence-electron chi connectivity index (χ2n) is 7.98. The molecule has 1 unspecified atom stereocenters. The molecule has 0 fully saturated rings. The molecule has 3 amide bonds. The number of aromatic amines is 1. The molecule has 1 aliphatic rings. The van der Waals surface area contributed by atoms with Gasteiger partial charge in [-0.1, -0.05) is 29.8 Å². The van der Waals surface area contributed by atoms with E-state index in [0.29, 0.717) is 28.6 Å². The first-order chi connectivity index (χ1) is 16.4. The standard InChI is InChI=1S/C23H20ClN7O3/c1-30-7-6-20(29-30)28-21(32)12-31-18-5-3-2-4-13(18)8-16(23(31)34)27-22(33)15-9-14-10-19(24)25-11-17(14)26-15/h2-7,9-11,16,26H,8,12H2,1H3,(H,27,33)(H,28,29,32). The Bertz CT molecular complexity index is 1430. The second kappa shape index (κ2) is 8.64. The number of carbonyl (C=O) groups excluding carboxylic acids is 3. The van der Waals surface area contributed by atoms with Gasteiger partial charge in [0.2, 0.25) is 11.8 Å². The van der Waals surface area contributed by atoms with E-state index < -0.39 is 17.9 Å². The number of H-pyrrole nitrogens is 1. The summed E-state index contributed by atoms with van der Waals surface area (Å²) in [5, 5.41) is 10.7. The lowest BCUT2D eigenvalue weighted by Crippen LogP contribution is -2.54. The van der Waals surface area contributed by atoms with Crippen LogP contribution in [0.15, 0.2) is 54.9 Å². The number of benzene rings is 1. The fraction of sp³-hybridized carbons (Fsp3) is 0.174. The molecule has 10 nitrogen and oxygen atoms in total. The van der Waals surface area contributed by atoms with Gasteiger partial charge in [-0.15, -0.1) is 0 Å². The van der Waals surface area contributed by atoms with Gasteiger partial charge in [-0.05, 0) is 23.8 Å². The highest BCUT2D eigenvalue weighted by Gasteiger charge is 2.35. The van der Waals surface area contributed by atoms with Crippen LogP contribution in [0.4, 0.5) is 11.5 Å². The number of anilines is 2. The number of hydrogen-bond donors (Lipinski definition) is 3. The van der Waals surface area contributed by atoms with Gasteiger partial charge in [0, 0.05) is 36.8 Å². The van der Waals surface area contributed by atoms with Crippen molar-refractivity contribution in [2.45, 2.75) is 12.5 Å². The minimum absolute atomic E-state index is 0.213. The van der Waals surface area contributed by atoms with Crippen LogP contribution in [0.5, 0.6) is 0 Å². The Balaban J connectivity index is 1.36. The monoisotopic (exact) mass is 477 g/mol. The molecule has 0 bridgehead atoms. The Labute approximate surface area is 198 Å². The molecule has 34 heavy (non-hydrogen) atoms. The molecule has 172 valence electrons. The van der Waals surface area contributed by atoms with E-state index in [4.69, 9.17) is 11.6 Å². The van der Waals surface area contributed by atoms with Crippen molar-refractivity contribution >= 4 is 51.7 Å². The van der Waals surface area contributed by atoms with Gasteiger partial charge < -0.3 is 20.5 Å². The van der Waals surface area contributed by atoms with E-state index in [1.807, 2.05) is 12.1 Å². The van der Waals surface area contributed by atoms with Crippen LogP contribution in [0, 0.1) is 0 Å². The Hall–Kier alpha value is -4.18. The number of halogens is 1. The third-order valence-corrected chi connectivity index (χ3v) is 5.78. The van der Waals surface area contributed by atoms with Crippen molar-refractivity contribution < 1.29 is 14.4 Å². The number of carbonyl (C=O) groups is 3. The van der Waals surface area contributed by atoms with Crippen molar-refractivity contribution in [1.29, 1.82) is 0 Å². The van der Waals surface area contributed by atoms with Crippen molar-refractivity contribution in [2.75, 3.05) is 16.8 Å². The number of aryl methyl sites for hydroxylation is 1. The van der Waals surface area contributed by atoms with Crippen molar-refractivity contribution in [3.05, 3.63) is 71.3 Å². The predicted octanol–water partition coefficient (Wildman–Crippen LogP) is 2.28. The first-order valence-corrected chi connectivity index (χ1v) is 10.9. The fourth-order valence-corrected chi connectivity index (χ4v) is 4.17. The minimum atomic E-state index is -0.835. The maximum atomic E-state index is 13.3. The Morgan fingerprint density at radius 2 is 2.06 bits per heavy atom. The Kier molecular flexibility index (Phi) is 5.50. The summed E-state index contributed by atoms with van der Waals surface area (Å²) in [5.74, 6) is -0.815. The largest absolute Gasteiger partial charge is 0.349 e. The number of para-hydroxylation sites is 1. The summed E-state index contributed by atoms with van der Waals surface area (Å²) < 4.78 is 1.57. The maximum Gasteiger partial charge on any atom is 0.268 e. The lowest BCUT2D eigenvalue weighted by atomic mass is 9.97. The van der Waals surface area contributed by atoms with E-state index in [0.717, 1.165) is 10.9 Å². The first kappa shape index (κ1) is 21.7. The second-order valence-corrected chi connectivity index (χ2v) is 8.37. The van der Waals surface area contributed by atoms with Crippen LogP contribution in [-0.2, 0) is 23.1 Å². The van der Waals surface area contributed by atoms with E-state index in [2.05, 4.69) is 25.7 Å². The van der Waals surface area contributed by atoms with Crippen LogP contribution in [-0.4, -0.2) is 50.1 Å². The third-order valence-electron chi connectivity index (χ3n) is 5.58. The van der Waals surface area contributed by atoms with Crippen LogP contribution < -0.4 is 15.5 Å². The summed E-state index contributed by atoms with van der Waals surface area (Å²) in [6.45, 7) is -0.213. The average Bonchev–Trinajstić information content (AvgIpc) is 3.42. The predicted molar refractivity (Wildman–Crippen MR) is 127 cm³/mol. The number of pyridine rings is 1. The molecule has 1 aliphatic heterocycles. The normalized spacial score (nSPS) is 15.3. The van der Waals surface area contributed by atoms with Crippen molar-refractivity contribution in [2.24, 2.45) is 7.05 Å². The lowest BCUT2D eigenvalue weighted by Gasteiger charge is -2.34. The number of rotatable bonds is 5. The highest BCUT2D eigenvalue weighted by atomic mass is 35.5. The molecule has 0 radical (unpaired) electrons. The number of hydrogen-bond acceptors (Lipinski definition) is 5. The van der Waals surface area contributed by atoms with Gasteiger partial charge in [0.25, 0.3) is 5.91 Å². The molecule has 0 saturated carbocycles. The Morgan fingerprint density at radius 1 is 1.24 bits per heavy atom. The number of nitrogens with one attached hydrogen (secondary N) is 3. The zero-order chi connectivity index (χ0) is 23.8. The number of aromatic nitrogens is 4. The summed E-state index contributed by atoms with van der Waals surface area (Å²) in [5.41, 5.74) is 2.43. The molecule has 4 heterocycles. The summed E-state index contributed by atoms with van der Waals surface area (Å²) >= 11 is 5.93. The van der Waals surface area contributed by atoms with Gasteiger partial charge in [0.15, 0.2) is 5.82 Å². The molecule has 11 heteroatoms. The van der Waals surface area contributed by atoms with Gasteiger partial charge in [-0.3, -0.25) is 19.1 Å². The van der Waals surface area contributed by atoms with E-state index in [1.54, 1.807) is 54.5 Å². The number of fused-ring (bicyclic) bond motifs is 2. The molecule has 1 aromatic carbocycles. The highest BCUT2D eigenvalue weighted by Crippen LogP contribution is 2.28. The first-order valence-electron chi connectivity index (χ1n) is 10.5. The fourth-order valence-electron chi connectivity index (χ4n) is 4.01. The average molecular weight is 478 g/mol. The van der Waals surface area contributed by atoms with Crippen molar-refractivity contribution in [3.63, 3.8) is 0 Å². The van der Waals surface area contributed by atoms with Gasteiger partial charge >= 0.3 is 0 Å². The minimum Gasteiger partial charge on any atom is -0.349 e. The van der Waals surface area contributed by atoms with Gasteiger partial charge in [0.05, 0.1) is 11.7 Å². The molecule has 0 spiro atoms. The topological polar surface area (TPSA) is 125 Å². The van der Waals surface area contributed by atoms with Crippen molar-refractivity contribution in [1.82, 2.24) is 25.1 Å². The van der Waals surface area contributed by atoms with Crippen LogP contribution in [0.2, 0.25) is 5.15 Å². The van der Waals surface area contributed by atoms with E-state index in [-0.39, 0.29) is 18.1 Å². The molecule has 1 atom stereocenters. The van der Waals surface area contributed by atoms with E-state index in [9.17, 15) is 14.4 Å². The number of amides is 3. The van der Waals surface area contributed by atoms with Crippen molar-refractivity contribution in [3.8, 4) is 0 Å². The summed E-state index contributed by atoms with van der Waals surface area (Å²) in [4.78, 5) is 47.3. The quantitative estimate of drug-likeness (QED) is 0.380. The van der Waals surface area contributed by atoms with E-state index >= 15 is 0 Å². The van der Waals surface area contributed by atoms with Crippen LogP contribution in [0.3, 0.4) is 0 Å². The SMILES string of the molecule is Cn1ccc(NC(=O)CN2C(=O)C(NC(=O)c3cc4cc(Cl)ncc4[nH]3)Cc3ccccc32)n1. The number of nitrogens with zero attached hydrogens (tertiary/aromatic N) is 4. The highest BCUT2D eigenvalue weighted by molar-refractivity contribution is 6.30. The molecule has 3 N–H and O–H groups in total. The molecule has 4 aromatic rings. The van der Waals surface area contributed by atoms with Crippen LogP contribution in [0.25, 0.3) is 10.9 Å². The smallest absolute Gasteiger partial charge is 0.268 e. The summed E-state index contributed by atoms with van der Waals surface area (Å²) in [6, 6.07) is 11.4. The Morgan fingerprint density at radius 3 is 2.85 bits per heavy atom. The maximum absolute atomic E-state index is 13.3. The molecule has 0 aliphatic carbocycles. The molecular weight excluding hydrogens is 458 g/mol. The zero-order valence-corrected chi connectivity index (χ0v) is 18.8. The molecule has 5 rings (SSSR count). The molecule has 3 aromatic heterocycles. The molecule has 0 saturated heterocycles. The summed E-state index contributed by atoms with van der Waals surface area (Å²) in [7, 11) is 1.74. The van der Waals surface area contributed by atoms with Crippen LogP contribution in [0.1, 0.15) is 16.1 Å². The van der Waals surface area contributed by atoms with Gasteiger partial charge in [0.1, 0.15) is 23.4 Å². The van der Waals surface area contributed by atoms with E-state index in [1.165, 1.54) is 4.90 Å². The zero-order valence-electron chi connectivity index (χ0n) is 18.1.